The molecule has 0 aromatic carbocycles. The number of likely N-dealkylation sites (tertiary alicyclic amines) is 1. The van der Waals surface area contributed by atoms with E-state index in [2.05, 4.69) is 4.72 Å². The van der Waals surface area contributed by atoms with Gasteiger partial charge in [0.05, 0.1) is 11.8 Å². The van der Waals surface area contributed by atoms with Gasteiger partial charge in [0, 0.05) is 19.1 Å². The molecule has 0 unspecified atom stereocenters. The highest BCUT2D eigenvalue weighted by Crippen LogP contribution is 2.12. The van der Waals surface area contributed by atoms with Crippen LogP contribution in [0.4, 0.5) is 0 Å². The number of hydrogen-bond acceptors (Lipinski definition) is 4. The fraction of sp³-hybridized carbons (Fsp3) is 0.900. The van der Waals surface area contributed by atoms with Gasteiger partial charge in [-0.2, -0.15) is 0 Å². The lowest BCUT2D eigenvalue weighted by atomic mass is 10.1. The molecule has 0 spiro atoms. The van der Waals surface area contributed by atoms with Gasteiger partial charge < -0.3 is 10.6 Å². The zero-order chi connectivity index (χ0) is 13.1. The first kappa shape index (κ1) is 14.4. The molecule has 7 heteroatoms. The van der Waals surface area contributed by atoms with Crippen molar-refractivity contribution >= 4 is 15.9 Å². The van der Waals surface area contributed by atoms with E-state index in [4.69, 9.17) is 5.73 Å². The minimum atomic E-state index is -3.15. The summed E-state index contributed by atoms with van der Waals surface area (Å²) in [6.07, 6.45) is 1.30. The third-order valence-electron chi connectivity index (χ3n) is 2.92. The largest absolute Gasteiger partial charge is 0.341 e. The van der Waals surface area contributed by atoms with Crippen molar-refractivity contribution in [2.45, 2.75) is 38.8 Å². The molecule has 1 aliphatic heterocycles. The molecule has 1 atom stereocenters. The van der Waals surface area contributed by atoms with Gasteiger partial charge in [0.15, 0.2) is 0 Å². The van der Waals surface area contributed by atoms with Crippen LogP contribution in [0.3, 0.4) is 0 Å². The van der Waals surface area contributed by atoms with E-state index >= 15 is 0 Å². The van der Waals surface area contributed by atoms with E-state index in [9.17, 15) is 13.2 Å². The Balaban J connectivity index is 2.44. The van der Waals surface area contributed by atoms with Crippen LogP contribution in [0.2, 0.25) is 0 Å². The van der Waals surface area contributed by atoms with Crippen molar-refractivity contribution in [3.05, 3.63) is 0 Å². The maximum absolute atomic E-state index is 11.6. The van der Waals surface area contributed by atoms with Crippen molar-refractivity contribution in [1.82, 2.24) is 9.62 Å². The number of sulfonamides is 1. The lowest BCUT2D eigenvalue weighted by molar-refractivity contribution is -0.133. The van der Waals surface area contributed by atoms with Gasteiger partial charge in [-0.15, -0.1) is 0 Å². The van der Waals surface area contributed by atoms with Gasteiger partial charge in [0.1, 0.15) is 0 Å². The molecule has 0 aromatic heterocycles. The van der Waals surface area contributed by atoms with E-state index in [-0.39, 0.29) is 17.7 Å². The molecule has 6 nitrogen and oxygen atoms in total. The van der Waals surface area contributed by atoms with Crippen molar-refractivity contribution in [3.63, 3.8) is 0 Å². The summed E-state index contributed by atoms with van der Waals surface area (Å²) in [7, 11) is -3.15. The molecule has 1 amide bonds. The van der Waals surface area contributed by atoms with E-state index in [1.807, 2.05) is 0 Å². The van der Waals surface area contributed by atoms with Crippen LogP contribution in [-0.4, -0.2) is 50.2 Å². The Bertz CT molecular complexity index is 359. The Hall–Kier alpha value is -0.660. The highest BCUT2D eigenvalue weighted by molar-refractivity contribution is 7.89. The third kappa shape index (κ3) is 4.25. The molecule has 3 N–H and O–H groups in total. The van der Waals surface area contributed by atoms with Crippen LogP contribution in [0, 0.1) is 0 Å². The van der Waals surface area contributed by atoms with Crippen LogP contribution in [0.15, 0.2) is 0 Å². The summed E-state index contributed by atoms with van der Waals surface area (Å²) in [5.74, 6) is 0.0215. The zero-order valence-corrected chi connectivity index (χ0v) is 11.2. The van der Waals surface area contributed by atoms with Gasteiger partial charge in [0.2, 0.25) is 15.9 Å². The Morgan fingerprint density at radius 1 is 1.47 bits per heavy atom. The fourth-order valence-electron chi connectivity index (χ4n) is 1.84. The van der Waals surface area contributed by atoms with E-state index in [1.54, 1.807) is 18.7 Å². The molecule has 0 radical (unpaired) electrons. The zero-order valence-electron chi connectivity index (χ0n) is 10.3. The van der Waals surface area contributed by atoms with E-state index in [1.165, 1.54) is 0 Å². The highest BCUT2D eigenvalue weighted by atomic mass is 32.2. The summed E-state index contributed by atoms with van der Waals surface area (Å²) < 4.78 is 25.4. The number of nitrogens with one attached hydrogen (secondary N) is 1. The van der Waals surface area contributed by atoms with Crippen molar-refractivity contribution in [2.24, 2.45) is 5.73 Å². The molecule has 1 heterocycles. The Morgan fingerprint density at radius 3 is 2.41 bits per heavy atom. The topological polar surface area (TPSA) is 92.5 Å². The first-order chi connectivity index (χ1) is 7.85. The quantitative estimate of drug-likeness (QED) is 0.699. The molecule has 0 aliphatic carbocycles. The number of piperidine rings is 1. The monoisotopic (exact) mass is 263 g/mol. The van der Waals surface area contributed by atoms with Crippen LogP contribution in [0.1, 0.15) is 26.7 Å². The third-order valence-corrected chi connectivity index (χ3v) is 4.37. The lowest BCUT2D eigenvalue weighted by Crippen LogP contribution is -2.50. The van der Waals surface area contributed by atoms with E-state index < -0.39 is 16.1 Å². The Morgan fingerprint density at radius 2 is 2.00 bits per heavy atom. The summed E-state index contributed by atoms with van der Waals surface area (Å²) in [4.78, 5) is 13.3. The first-order valence-corrected chi connectivity index (χ1v) is 7.55. The second kappa shape index (κ2) is 5.79. The number of hydrogen-bond donors (Lipinski definition) is 2. The van der Waals surface area contributed by atoms with Gasteiger partial charge in [-0.05, 0) is 26.7 Å². The maximum Gasteiger partial charge on any atom is 0.239 e. The molecular weight excluding hydrogens is 242 g/mol. The van der Waals surface area contributed by atoms with Crippen LogP contribution in [0.5, 0.6) is 0 Å². The summed E-state index contributed by atoms with van der Waals surface area (Å²) in [6.45, 7) is 4.40. The van der Waals surface area contributed by atoms with E-state index in [0.717, 1.165) is 0 Å². The number of nitrogens with two attached hydrogens (primary N) is 1. The normalized spacial score (nSPS) is 20.3. The second-order valence-corrected chi connectivity index (χ2v) is 6.45. The molecule has 100 valence electrons. The van der Waals surface area contributed by atoms with Gasteiger partial charge in [0.25, 0.3) is 0 Å². The van der Waals surface area contributed by atoms with Crippen LogP contribution in [0.25, 0.3) is 0 Å². The summed E-state index contributed by atoms with van der Waals surface area (Å²) in [5.41, 5.74) is 5.52. The van der Waals surface area contributed by atoms with Crippen molar-refractivity contribution in [1.29, 1.82) is 0 Å². The van der Waals surface area contributed by atoms with Crippen molar-refractivity contribution in [3.8, 4) is 0 Å². The minimum Gasteiger partial charge on any atom is -0.341 e. The number of amides is 1. The van der Waals surface area contributed by atoms with E-state index in [0.29, 0.717) is 25.9 Å². The predicted octanol–water partition coefficient (Wildman–Crippen LogP) is -0.736. The highest BCUT2D eigenvalue weighted by Gasteiger charge is 2.26. The van der Waals surface area contributed by atoms with Crippen LogP contribution < -0.4 is 10.5 Å². The van der Waals surface area contributed by atoms with Gasteiger partial charge >= 0.3 is 0 Å². The summed E-state index contributed by atoms with van der Waals surface area (Å²) in [5, 5.41) is 0. The smallest absolute Gasteiger partial charge is 0.239 e. The average molecular weight is 263 g/mol. The molecule has 17 heavy (non-hydrogen) atoms. The predicted molar refractivity (Wildman–Crippen MR) is 65.8 cm³/mol. The molecule has 1 saturated heterocycles. The lowest BCUT2D eigenvalue weighted by Gasteiger charge is -2.33. The molecule has 1 rings (SSSR count). The van der Waals surface area contributed by atoms with Gasteiger partial charge in [-0.25, -0.2) is 13.1 Å². The standard InChI is InChI=1S/C10H21N3O3S/c1-3-17(15,16)12-9-4-6-13(7-5-9)10(14)8(2)11/h8-9,12H,3-7,11H2,1-2H3/t8-/m0/s1. The summed E-state index contributed by atoms with van der Waals surface area (Å²) >= 11 is 0. The van der Waals surface area contributed by atoms with Gasteiger partial charge in [-0.3, -0.25) is 4.79 Å². The number of rotatable bonds is 4. The second-order valence-electron chi connectivity index (χ2n) is 4.41. The Kier molecular flexibility index (Phi) is 4.91. The molecule has 0 saturated carbocycles. The van der Waals surface area contributed by atoms with Crippen LogP contribution in [-0.2, 0) is 14.8 Å². The average Bonchev–Trinajstić information content (AvgIpc) is 2.28. The van der Waals surface area contributed by atoms with Crippen molar-refractivity contribution < 1.29 is 13.2 Å². The van der Waals surface area contributed by atoms with Crippen molar-refractivity contribution in [2.75, 3.05) is 18.8 Å². The molecule has 1 fully saturated rings. The SMILES string of the molecule is CCS(=O)(=O)NC1CCN(C(=O)[C@H](C)N)CC1. The molecule has 0 bridgehead atoms. The van der Waals surface area contributed by atoms with Crippen LogP contribution >= 0.6 is 0 Å². The molecule has 1 aliphatic rings. The number of carbonyl (C=O) groups excluding carboxylic acids is 1. The molecular formula is C10H21N3O3S. The maximum atomic E-state index is 11.6. The first-order valence-electron chi connectivity index (χ1n) is 5.90. The fourth-order valence-corrected chi connectivity index (χ4v) is 2.75. The van der Waals surface area contributed by atoms with Gasteiger partial charge in [-0.1, -0.05) is 0 Å². The Labute approximate surface area is 103 Å². The number of carbonyl (C=O) groups is 1. The summed E-state index contributed by atoms with van der Waals surface area (Å²) in [6, 6.07) is -0.545. The number of nitrogens with zero attached hydrogens (tertiary/aromatic N) is 1. The molecule has 0 aromatic rings. The minimum absolute atomic E-state index is 0.0583.